The predicted molar refractivity (Wildman–Crippen MR) is 103 cm³/mol. The first-order valence-corrected chi connectivity index (χ1v) is 14.2. The molecule has 0 rings (SSSR count). The van der Waals surface area contributed by atoms with Crippen LogP contribution in [0.25, 0.3) is 0 Å². The lowest BCUT2D eigenvalue weighted by atomic mass is 10.1. The zero-order valence-corrected chi connectivity index (χ0v) is 19.6. The van der Waals surface area contributed by atoms with E-state index < -0.39 is 40.7 Å². The van der Waals surface area contributed by atoms with Crippen LogP contribution in [-0.4, -0.2) is 62.4 Å². The molecule has 0 bridgehead atoms. The third-order valence-corrected chi connectivity index (χ3v) is 6.65. The number of hydrogen-bond donors (Lipinski definition) is 0. The van der Waals surface area contributed by atoms with Gasteiger partial charge in [-0.15, -0.1) is 0 Å². The van der Waals surface area contributed by atoms with Gasteiger partial charge in [-0.1, -0.05) is 45.4 Å². The van der Waals surface area contributed by atoms with Crippen molar-refractivity contribution in [2.45, 2.75) is 81.6 Å². The van der Waals surface area contributed by atoms with Gasteiger partial charge in [-0.05, 0) is 12.8 Å². The standard InChI is InChI=1S/C13H30P.C4HF9O3S/c1-5-6-7-8-9-10-11-12-13-14(2,3)4;5-1(6,3(9,10)11)2(7,8)4(12,13)17(14,15)16/h5-13H2,1-4H3;(H,14,15,16)/q+1;/p-1. The second-order valence-electron chi connectivity index (χ2n) is 8.11. The van der Waals surface area contributed by atoms with Crippen LogP contribution in [-0.2, 0) is 10.1 Å². The summed E-state index contributed by atoms with van der Waals surface area (Å²) < 4.78 is 135. The minimum atomic E-state index is -7.43. The first kappa shape index (κ1) is 32.9. The quantitative estimate of drug-likeness (QED) is 0.122. The van der Waals surface area contributed by atoms with Crippen molar-refractivity contribution in [1.29, 1.82) is 0 Å². The van der Waals surface area contributed by atoms with Crippen LogP contribution < -0.4 is 0 Å². The molecule has 0 amide bonds. The van der Waals surface area contributed by atoms with E-state index in [4.69, 9.17) is 0 Å². The molecule has 0 spiro atoms. The molecule has 190 valence electrons. The zero-order valence-electron chi connectivity index (χ0n) is 17.8. The molecule has 0 heterocycles. The van der Waals surface area contributed by atoms with Crippen LogP contribution in [0.3, 0.4) is 0 Å². The fraction of sp³-hybridized carbons (Fsp3) is 1.00. The molecule has 0 fully saturated rings. The topological polar surface area (TPSA) is 57.2 Å². The van der Waals surface area contributed by atoms with Crippen LogP contribution in [0.2, 0.25) is 0 Å². The average molecular weight is 516 g/mol. The molecule has 0 saturated carbocycles. The van der Waals surface area contributed by atoms with Crippen molar-refractivity contribution in [2.75, 3.05) is 26.2 Å². The number of halogens is 9. The Morgan fingerprint density at radius 2 is 1.03 bits per heavy atom. The highest BCUT2D eigenvalue weighted by Gasteiger charge is 2.83. The van der Waals surface area contributed by atoms with E-state index in [2.05, 4.69) is 26.9 Å². The summed E-state index contributed by atoms with van der Waals surface area (Å²) in [6.07, 6.45) is 5.98. The van der Waals surface area contributed by atoms with Crippen molar-refractivity contribution < 1.29 is 52.5 Å². The highest BCUT2D eigenvalue weighted by molar-refractivity contribution is 7.86. The third-order valence-electron chi connectivity index (χ3n) is 4.11. The zero-order chi connectivity index (χ0) is 25.4. The summed E-state index contributed by atoms with van der Waals surface area (Å²) in [6.45, 7) is 9.64. The van der Waals surface area contributed by atoms with Crippen LogP contribution in [0.1, 0.15) is 58.3 Å². The normalized spacial score (nSPS) is 14.3. The molecule has 31 heavy (non-hydrogen) atoms. The maximum absolute atomic E-state index is 12.2. The van der Waals surface area contributed by atoms with Gasteiger partial charge in [-0.25, -0.2) is 8.42 Å². The van der Waals surface area contributed by atoms with E-state index in [1.54, 1.807) is 0 Å². The van der Waals surface area contributed by atoms with Gasteiger partial charge in [0.05, 0.1) is 6.16 Å². The van der Waals surface area contributed by atoms with Crippen molar-refractivity contribution in [3.8, 4) is 0 Å². The second-order valence-corrected chi connectivity index (χ2v) is 14.6. The number of alkyl halides is 9. The first-order chi connectivity index (χ1) is 13.6. The molecule has 0 aliphatic rings. The van der Waals surface area contributed by atoms with E-state index in [1.165, 1.54) is 57.5 Å². The van der Waals surface area contributed by atoms with Gasteiger partial charge >= 0.3 is 23.3 Å². The van der Waals surface area contributed by atoms with Crippen LogP contribution in [0.5, 0.6) is 0 Å². The minimum absolute atomic E-state index is 0.482. The summed E-state index contributed by atoms with van der Waals surface area (Å²) in [5.74, 6) is -14.8. The number of hydrogen-bond acceptors (Lipinski definition) is 3. The maximum Gasteiger partial charge on any atom is 0.460 e. The summed E-state index contributed by atoms with van der Waals surface area (Å²) >= 11 is 0. The molecule has 0 aromatic carbocycles. The first-order valence-electron chi connectivity index (χ1n) is 9.52. The SMILES string of the molecule is CCCCCCCCCC[P+](C)(C)C.O=S(=O)([O-])C(F)(F)C(F)(F)C(F)(F)C(F)(F)F. The fourth-order valence-electron chi connectivity index (χ4n) is 2.24. The molecule has 14 heteroatoms. The Hall–Kier alpha value is -0.290. The molecular formula is C17H30F9O3PS. The van der Waals surface area contributed by atoms with Crippen molar-refractivity contribution in [3.05, 3.63) is 0 Å². The van der Waals surface area contributed by atoms with Gasteiger partial charge in [0.2, 0.25) is 0 Å². The van der Waals surface area contributed by atoms with Gasteiger partial charge in [0.1, 0.15) is 0 Å². The Bertz CT molecular complexity index is 615. The smallest absolute Gasteiger partial charge is 0.460 e. The van der Waals surface area contributed by atoms with E-state index in [0.29, 0.717) is 0 Å². The van der Waals surface area contributed by atoms with Crippen LogP contribution in [0.15, 0.2) is 0 Å². The lowest BCUT2D eigenvalue weighted by molar-refractivity contribution is -0.382. The highest BCUT2D eigenvalue weighted by Crippen LogP contribution is 2.54. The van der Waals surface area contributed by atoms with E-state index in [9.17, 15) is 52.5 Å². The van der Waals surface area contributed by atoms with E-state index >= 15 is 0 Å². The summed E-state index contributed by atoms with van der Waals surface area (Å²) in [6, 6.07) is 0. The van der Waals surface area contributed by atoms with Crippen molar-refractivity contribution >= 4 is 17.4 Å². The van der Waals surface area contributed by atoms with Gasteiger partial charge in [-0.2, -0.15) is 39.5 Å². The van der Waals surface area contributed by atoms with Crippen LogP contribution in [0, 0.1) is 0 Å². The molecule has 0 unspecified atom stereocenters. The molecule has 0 radical (unpaired) electrons. The van der Waals surface area contributed by atoms with E-state index in [0.717, 1.165) is 0 Å². The monoisotopic (exact) mass is 516 g/mol. The lowest BCUT2D eigenvalue weighted by Crippen LogP contribution is -2.63. The van der Waals surface area contributed by atoms with E-state index in [-0.39, 0.29) is 0 Å². The molecule has 0 aliphatic carbocycles. The van der Waals surface area contributed by atoms with Crippen molar-refractivity contribution in [1.82, 2.24) is 0 Å². The predicted octanol–water partition coefficient (Wildman–Crippen LogP) is 6.99. The van der Waals surface area contributed by atoms with Gasteiger partial charge in [-0.3, -0.25) is 0 Å². The lowest BCUT2D eigenvalue weighted by Gasteiger charge is -2.34. The third kappa shape index (κ3) is 10.5. The largest absolute Gasteiger partial charge is 0.743 e. The fourth-order valence-corrected chi connectivity index (χ4v) is 3.85. The van der Waals surface area contributed by atoms with Crippen LogP contribution >= 0.6 is 7.26 Å². The second kappa shape index (κ2) is 12.3. The van der Waals surface area contributed by atoms with E-state index in [1.807, 2.05) is 0 Å². The Kier molecular flexibility index (Phi) is 13.0. The Morgan fingerprint density at radius 3 is 1.32 bits per heavy atom. The molecule has 0 aromatic rings. The summed E-state index contributed by atoms with van der Waals surface area (Å²) in [5, 5.41) is -7.11. The van der Waals surface area contributed by atoms with Crippen LogP contribution in [0.4, 0.5) is 39.5 Å². The van der Waals surface area contributed by atoms with Crippen molar-refractivity contribution in [2.24, 2.45) is 0 Å². The average Bonchev–Trinajstić information content (AvgIpc) is 2.54. The number of rotatable bonds is 12. The summed E-state index contributed by atoms with van der Waals surface area (Å²) in [4.78, 5) is 0. The van der Waals surface area contributed by atoms with Gasteiger partial charge < -0.3 is 4.55 Å². The minimum Gasteiger partial charge on any atom is -0.743 e. The van der Waals surface area contributed by atoms with Gasteiger partial charge in [0.15, 0.2) is 10.1 Å². The molecule has 0 aliphatic heterocycles. The van der Waals surface area contributed by atoms with Crippen molar-refractivity contribution in [3.63, 3.8) is 0 Å². The molecule has 0 N–H and O–H groups in total. The van der Waals surface area contributed by atoms with Gasteiger partial charge in [0.25, 0.3) is 0 Å². The Balaban J connectivity index is 0. The summed E-state index contributed by atoms with van der Waals surface area (Å²) in [7, 11) is -7.90. The molecule has 0 aromatic heterocycles. The Morgan fingerprint density at radius 1 is 0.677 bits per heavy atom. The molecular weight excluding hydrogens is 486 g/mol. The van der Waals surface area contributed by atoms with Gasteiger partial charge in [0, 0.05) is 27.3 Å². The molecule has 3 nitrogen and oxygen atoms in total. The molecule has 0 saturated heterocycles. The maximum atomic E-state index is 12.2. The Labute approximate surface area is 178 Å². The highest BCUT2D eigenvalue weighted by atomic mass is 32.2. The summed E-state index contributed by atoms with van der Waals surface area (Å²) in [5.41, 5.74) is 0. The molecule has 0 atom stereocenters. The number of unbranched alkanes of at least 4 members (excludes halogenated alkanes) is 7.